The molecule has 1 aliphatic heterocycles. The first-order valence-electron chi connectivity index (χ1n) is 10.5. The highest BCUT2D eigenvalue weighted by Gasteiger charge is 2.27. The molecule has 2 aliphatic rings. The lowest BCUT2D eigenvalue weighted by molar-refractivity contribution is -0.129. The van der Waals surface area contributed by atoms with Crippen LogP contribution in [0.5, 0.6) is 0 Å². The Morgan fingerprint density at radius 1 is 1.07 bits per heavy atom. The molecule has 1 aromatic rings. The summed E-state index contributed by atoms with van der Waals surface area (Å²) in [4.78, 5) is 24.7. The minimum absolute atomic E-state index is 0.161. The van der Waals surface area contributed by atoms with Gasteiger partial charge in [0.1, 0.15) is 0 Å². The number of ether oxygens (including phenoxy) is 1. The molecule has 1 amide bonds. The van der Waals surface area contributed by atoms with E-state index in [0.29, 0.717) is 25.6 Å². The highest BCUT2D eigenvalue weighted by molar-refractivity contribution is 7.89. The van der Waals surface area contributed by atoms with Gasteiger partial charge in [-0.25, -0.2) is 13.2 Å². The van der Waals surface area contributed by atoms with E-state index in [1.165, 1.54) is 47.8 Å². The highest BCUT2D eigenvalue weighted by Crippen LogP contribution is 2.23. The molecule has 3 rings (SSSR count). The zero-order valence-electron chi connectivity index (χ0n) is 16.9. The van der Waals surface area contributed by atoms with E-state index in [0.717, 1.165) is 25.7 Å². The number of nitrogens with zero attached hydrogens (tertiary/aromatic N) is 1. The van der Waals surface area contributed by atoms with Gasteiger partial charge in [-0.3, -0.25) is 4.79 Å². The third kappa shape index (κ3) is 5.57. The van der Waals surface area contributed by atoms with Gasteiger partial charge in [-0.2, -0.15) is 4.31 Å². The Balaban J connectivity index is 1.52. The van der Waals surface area contributed by atoms with Crippen LogP contribution in [0.15, 0.2) is 29.2 Å². The summed E-state index contributed by atoms with van der Waals surface area (Å²) >= 11 is 0. The molecule has 1 atom stereocenters. The fourth-order valence-electron chi connectivity index (χ4n) is 3.90. The molecule has 0 radical (unpaired) electrons. The van der Waals surface area contributed by atoms with Gasteiger partial charge in [0.05, 0.1) is 10.5 Å². The van der Waals surface area contributed by atoms with Crippen LogP contribution < -0.4 is 5.32 Å². The quantitative estimate of drug-likeness (QED) is 0.682. The van der Waals surface area contributed by atoms with Crippen molar-refractivity contribution >= 4 is 21.9 Å². The maximum atomic E-state index is 12.5. The molecule has 1 saturated carbocycles. The molecule has 1 aromatic carbocycles. The fraction of sp³-hybridized carbons (Fsp3) is 0.619. The van der Waals surface area contributed by atoms with Crippen molar-refractivity contribution in [2.75, 3.05) is 19.6 Å². The second-order valence-electron chi connectivity index (χ2n) is 7.93. The molecule has 0 spiro atoms. The van der Waals surface area contributed by atoms with Gasteiger partial charge in [0, 0.05) is 19.6 Å². The van der Waals surface area contributed by atoms with Gasteiger partial charge in [-0.15, -0.1) is 0 Å². The summed E-state index contributed by atoms with van der Waals surface area (Å²) in [6.45, 7) is 3.21. The Hall–Kier alpha value is -1.93. The van der Waals surface area contributed by atoms with Crippen molar-refractivity contribution in [1.29, 1.82) is 0 Å². The van der Waals surface area contributed by atoms with E-state index >= 15 is 0 Å². The Morgan fingerprint density at radius 3 is 2.31 bits per heavy atom. The Bertz CT molecular complexity index is 810. The normalized spacial score (nSPS) is 19.6. The van der Waals surface area contributed by atoms with Gasteiger partial charge >= 0.3 is 5.97 Å². The van der Waals surface area contributed by atoms with E-state index in [9.17, 15) is 18.0 Å². The molecule has 1 saturated heterocycles. The number of hydrogen-bond donors (Lipinski definition) is 1. The molecule has 1 aliphatic carbocycles. The largest absolute Gasteiger partial charge is 0.449 e. The lowest BCUT2D eigenvalue weighted by Gasteiger charge is -2.22. The molecule has 1 heterocycles. The van der Waals surface area contributed by atoms with Crippen LogP contribution in [-0.2, 0) is 19.6 Å². The Morgan fingerprint density at radius 2 is 1.69 bits per heavy atom. The van der Waals surface area contributed by atoms with Crippen molar-refractivity contribution in [3.8, 4) is 0 Å². The molecule has 29 heavy (non-hydrogen) atoms. The van der Waals surface area contributed by atoms with E-state index in [1.807, 2.05) is 0 Å². The fourth-order valence-corrected chi connectivity index (χ4v) is 5.42. The molecular weight excluding hydrogens is 392 g/mol. The number of rotatable bonds is 7. The van der Waals surface area contributed by atoms with Crippen molar-refractivity contribution in [3.63, 3.8) is 0 Å². The average Bonchev–Trinajstić information content (AvgIpc) is 3.28. The van der Waals surface area contributed by atoms with Crippen LogP contribution in [-0.4, -0.2) is 50.3 Å². The summed E-state index contributed by atoms with van der Waals surface area (Å²) in [7, 11) is -3.52. The number of carbonyl (C=O) groups is 2. The molecule has 8 heteroatoms. The van der Waals surface area contributed by atoms with Crippen molar-refractivity contribution < 1.29 is 22.7 Å². The van der Waals surface area contributed by atoms with E-state index < -0.39 is 22.1 Å². The molecular formula is C21H30N2O5S. The van der Waals surface area contributed by atoms with E-state index in [2.05, 4.69) is 5.32 Å². The first-order valence-corrected chi connectivity index (χ1v) is 11.9. The lowest BCUT2D eigenvalue weighted by atomic mass is 9.89. The van der Waals surface area contributed by atoms with E-state index in [4.69, 9.17) is 4.74 Å². The third-order valence-electron chi connectivity index (χ3n) is 5.74. The number of carbonyl (C=O) groups excluding carboxylic acids is 2. The maximum absolute atomic E-state index is 12.5. The van der Waals surface area contributed by atoms with E-state index in [1.54, 1.807) is 6.92 Å². The van der Waals surface area contributed by atoms with Gasteiger partial charge in [-0.1, -0.05) is 19.3 Å². The average molecular weight is 423 g/mol. The van der Waals surface area contributed by atoms with Crippen LogP contribution >= 0.6 is 0 Å². The van der Waals surface area contributed by atoms with Crippen LogP contribution in [0.3, 0.4) is 0 Å². The molecule has 0 bridgehead atoms. The van der Waals surface area contributed by atoms with Crippen molar-refractivity contribution in [3.05, 3.63) is 29.8 Å². The molecule has 7 nitrogen and oxygen atoms in total. The summed E-state index contributed by atoms with van der Waals surface area (Å²) < 4.78 is 31.8. The molecule has 0 aromatic heterocycles. The number of esters is 1. The number of amides is 1. The van der Waals surface area contributed by atoms with E-state index in [-0.39, 0.29) is 16.4 Å². The summed E-state index contributed by atoms with van der Waals surface area (Å²) in [5.74, 6) is -0.451. The van der Waals surface area contributed by atoms with Crippen LogP contribution in [0.1, 0.15) is 62.2 Å². The second-order valence-corrected chi connectivity index (χ2v) is 9.87. The highest BCUT2D eigenvalue weighted by atomic mass is 32.2. The first kappa shape index (κ1) is 21.8. The van der Waals surface area contributed by atoms with Crippen LogP contribution in [0, 0.1) is 5.92 Å². The summed E-state index contributed by atoms with van der Waals surface area (Å²) in [5.41, 5.74) is 0.220. The van der Waals surface area contributed by atoms with Crippen LogP contribution in [0.25, 0.3) is 0 Å². The monoisotopic (exact) mass is 422 g/mol. The minimum Gasteiger partial charge on any atom is -0.449 e. The number of sulfonamides is 1. The summed E-state index contributed by atoms with van der Waals surface area (Å²) in [5, 5.41) is 2.87. The summed E-state index contributed by atoms with van der Waals surface area (Å²) in [6, 6.07) is 5.69. The molecule has 1 unspecified atom stereocenters. The SMILES string of the molecule is CC(OC(=O)c1ccc(S(=O)(=O)N2CCCC2)cc1)C(=O)NCC1CCCCC1. The van der Waals surface area contributed by atoms with Crippen LogP contribution in [0.2, 0.25) is 0 Å². The topological polar surface area (TPSA) is 92.8 Å². The minimum atomic E-state index is -3.52. The number of benzene rings is 1. The lowest BCUT2D eigenvalue weighted by Crippen LogP contribution is -2.38. The molecule has 160 valence electrons. The zero-order valence-corrected chi connectivity index (χ0v) is 17.7. The van der Waals surface area contributed by atoms with Gasteiger partial charge < -0.3 is 10.1 Å². The first-order chi connectivity index (χ1) is 13.9. The van der Waals surface area contributed by atoms with Gasteiger partial charge in [0.2, 0.25) is 10.0 Å². The van der Waals surface area contributed by atoms with Crippen molar-refractivity contribution in [1.82, 2.24) is 9.62 Å². The predicted molar refractivity (Wildman–Crippen MR) is 109 cm³/mol. The molecule has 2 fully saturated rings. The smallest absolute Gasteiger partial charge is 0.338 e. The van der Waals surface area contributed by atoms with Gasteiger partial charge in [0.15, 0.2) is 6.10 Å². The molecule has 1 N–H and O–H groups in total. The van der Waals surface area contributed by atoms with Crippen molar-refractivity contribution in [2.24, 2.45) is 5.92 Å². The second kappa shape index (κ2) is 9.71. The number of nitrogens with one attached hydrogen (secondary N) is 1. The van der Waals surface area contributed by atoms with Gasteiger partial charge in [0.25, 0.3) is 5.91 Å². The summed E-state index contributed by atoms with van der Waals surface area (Å²) in [6.07, 6.45) is 6.75. The maximum Gasteiger partial charge on any atom is 0.338 e. The van der Waals surface area contributed by atoms with Crippen LogP contribution in [0.4, 0.5) is 0 Å². The standard InChI is InChI=1S/C21H30N2O5S/c1-16(20(24)22-15-17-7-3-2-4-8-17)28-21(25)18-9-11-19(12-10-18)29(26,27)23-13-5-6-14-23/h9-12,16-17H,2-8,13-15H2,1H3,(H,22,24). The number of hydrogen-bond acceptors (Lipinski definition) is 5. The van der Waals surface area contributed by atoms with Crippen molar-refractivity contribution in [2.45, 2.75) is 62.9 Å². The zero-order chi connectivity index (χ0) is 20.9. The predicted octanol–water partition coefficient (Wildman–Crippen LogP) is 2.71. The van der Waals surface area contributed by atoms with Gasteiger partial charge in [-0.05, 0) is 62.8 Å². The Kier molecular flexibility index (Phi) is 7.29. The third-order valence-corrected chi connectivity index (χ3v) is 7.65. The Labute approximate surface area is 172 Å².